The molecule has 0 amide bonds. The Morgan fingerprint density at radius 3 is 2.85 bits per heavy atom. The maximum atomic E-state index is 9.53. The van der Waals surface area contributed by atoms with Gasteiger partial charge in [-0.1, -0.05) is 26.8 Å². The molecule has 0 saturated carbocycles. The van der Waals surface area contributed by atoms with Gasteiger partial charge in [0.2, 0.25) is 0 Å². The Morgan fingerprint density at radius 2 is 2.08 bits per heavy atom. The Kier molecular flexibility index (Phi) is 2.15. The zero-order valence-electron chi connectivity index (χ0n) is 7.28. The minimum absolute atomic E-state index is 0.262. The molecular formula is C10H10NOP. The van der Waals surface area contributed by atoms with Gasteiger partial charge < -0.3 is 5.11 Å². The Bertz CT molecular complexity index is 442. The number of benzene rings is 1. The number of phenols is 1. The summed E-state index contributed by atoms with van der Waals surface area (Å²) in [7, 11) is 0.667. The van der Waals surface area contributed by atoms with Gasteiger partial charge in [-0.05, 0) is 18.8 Å². The van der Waals surface area contributed by atoms with E-state index < -0.39 is 0 Å². The highest BCUT2D eigenvalue weighted by molar-refractivity contribution is 7.45. The lowest BCUT2D eigenvalue weighted by Crippen LogP contribution is -1.99. The number of hydrogen-bond donors (Lipinski definition) is 1. The Hall–Kier alpha value is -1.14. The van der Waals surface area contributed by atoms with E-state index >= 15 is 0 Å². The Balaban J connectivity index is 2.74. The van der Waals surface area contributed by atoms with Crippen LogP contribution in [0.1, 0.15) is 0 Å². The predicted octanol–water partition coefficient (Wildman–Crippen LogP) is 1.87. The SMILES string of the molecule is CPc1ccc2cccc(O)c2n1. The van der Waals surface area contributed by atoms with Crippen LogP contribution in [-0.4, -0.2) is 16.8 Å². The minimum Gasteiger partial charge on any atom is -0.506 e. The minimum atomic E-state index is 0.262. The molecule has 0 aliphatic carbocycles. The van der Waals surface area contributed by atoms with Gasteiger partial charge in [-0.25, -0.2) is 4.98 Å². The fourth-order valence-electron chi connectivity index (χ4n) is 1.27. The van der Waals surface area contributed by atoms with Gasteiger partial charge in [-0.15, -0.1) is 0 Å². The fraction of sp³-hybridized carbons (Fsp3) is 0.100. The first-order valence-electron chi connectivity index (χ1n) is 4.08. The molecule has 1 aromatic heterocycles. The summed E-state index contributed by atoms with van der Waals surface area (Å²) in [5.41, 5.74) is 1.74. The highest BCUT2D eigenvalue weighted by Gasteiger charge is 2.00. The number of fused-ring (bicyclic) bond motifs is 1. The Morgan fingerprint density at radius 1 is 1.23 bits per heavy atom. The number of nitrogens with zero attached hydrogens (tertiary/aromatic N) is 1. The van der Waals surface area contributed by atoms with E-state index in [9.17, 15) is 5.11 Å². The van der Waals surface area contributed by atoms with Gasteiger partial charge in [-0.2, -0.15) is 0 Å². The van der Waals surface area contributed by atoms with E-state index in [4.69, 9.17) is 0 Å². The molecule has 3 heteroatoms. The maximum Gasteiger partial charge on any atom is 0.141 e. The monoisotopic (exact) mass is 191 g/mol. The summed E-state index contributed by atoms with van der Waals surface area (Å²) in [6, 6.07) is 9.43. The summed E-state index contributed by atoms with van der Waals surface area (Å²) >= 11 is 0. The van der Waals surface area contributed by atoms with Crippen molar-refractivity contribution in [1.29, 1.82) is 0 Å². The molecule has 1 heterocycles. The highest BCUT2D eigenvalue weighted by Crippen LogP contribution is 2.21. The summed E-state index contributed by atoms with van der Waals surface area (Å²) < 4.78 is 0. The third-order valence-corrected chi connectivity index (χ3v) is 2.75. The number of pyridine rings is 1. The molecule has 0 bridgehead atoms. The summed E-state index contributed by atoms with van der Waals surface area (Å²) in [5, 5.41) is 10.5. The molecule has 1 aromatic carbocycles. The maximum absolute atomic E-state index is 9.53. The highest BCUT2D eigenvalue weighted by atomic mass is 31.1. The van der Waals surface area contributed by atoms with Crippen molar-refractivity contribution in [2.45, 2.75) is 0 Å². The summed E-state index contributed by atoms with van der Waals surface area (Å²) in [6.07, 6.45) is 0. The van der Waals surface area contributed by atoms with Crippen LogP contribution in [0, 0.1) is 0 Å². The number of aromatic hydroxyl groups is 1. The van der Waals surface area contributed by atoms with Crippen LogP contribution in [0.2, 0.25) is 0 Å². The second-order valence-corrected chi connectivity index (χ2v) is 3.81. The molecule has 1 atom stereocenters. The Labute approximate surface area is 78.4 Å². The van der Waals surface area contributed by atoms with Crippen molar-refractivity contribution in [3.8, 4) is 5.75 Å². The van der Waals surface area contributed by atoms with Crippen LogP contribution in [0.15, 0.2) is 30.3 Å². The number of aromatic nitrogens is 1. The van der Waals surface area contributed by atoms with E-state index in [0.29, 0.717) is 14.1 Å². The summed E-state index contributed by atoms with van der Waals surface area (Å²) in [4.78, 5) is 4.36. The van der Waals surface area contributed by atoms with Crippen molar-refractivity contribution in [3.05, 3.63) is 30.3 Å². The first-order chi connectivity index (χ1) is 6.31. The second kappa shape index (κ2) is 3.31. The molecule has 2 rings (SSSR count). The van der Waals surface area contributed by atoms with Crippen molar-refractivity contribution in [1.82, 2.24) is 4.98 Å². The molecule has 0 saturated heterocycles. The fourth-order valence-corrected chi connectivity index (χ4v) is 1.74. The zero-order chi connectivity index (χ0) is 9.26. The van der Waals surface area contributed by atoms with E-state index in [2.05, 4.69) is 11.6 Å². The van der Waals surface area contributed by atoms with Crippen LogP contribution in [0.4, 0.5) is 0 Å². The number of para-hydroxylation sites is 1. The predicted molar refractivity (Wildman–Crippen MR) is 57.3 cm³/mol. The number of hydrogen-bond acceptors (Lipinski definition) is 2. The van der Waals surface area contributed by atoms with Crippen molar-refractivity contribution in [2.75, 3.05) is 6.66 Å². The van der Waals surface area contributed by atoms with Gasteiger partial charge in [0.1, 0.15) is 11.3 Å². The molecule has 1 unspecified atom stereocenters. The van der Waals surface area contributed by atoms with E-state index in [0.717, 1.165) is 10.8 Å². The van der Waals surface area contributed by atoms with Gasteiger partial charge in [0.25, 0.3) is 0 Å². The normalized spacial score (nSPS) is 11.5. The summed E-state index contributed by atoms with van der Waals surface area (Å²) in [5.74, 6) is 0.262. The van der Waals surface area contributed by atoms with Crippen molar-refractivity contribution in [2.24, 2.45) is 0 Å². The van der Waals surface area contributed by atoms with Gasteiger partial charge in [0.15, 0.2) is 0 Å². The van der Waals surface area contributed by atoms with Crippen molar-refractivity contribution in [3.63, 3.8) is 0 Å². The molecule has 0 fully saturated rings. The van der Waals surface area contributed by atoms with Gasteiger partial charge in [0, 0.05) is 5.39 Å². The molecular weight excluding hydrogens is 181 g/mol. The van der Waals surface area contributed by atoms with Gasteiger partial charge >= 0.3 is 0 Å². The molecule has 0 spiro atoms. The molecule has 0 aliphatic heterocycles. The average Bonchev–Trinajstić information content (AvgIpc) is 2.18. The smallest absolute Gasteiger partial charge is 0.141 e. The van der Waals surface area contributed by atoms with Gasteiger partial charge in [0.05, 0.1) is 5.44 Å². The molecule has 66 valence electrons. The topological polar surface area (TPSA) is 33.1 Å². The van der Waals surface area contributed by atoms with E-state index in [1.54, 1.807) is 6.07 Å². The van der Waals surface area contributed by atoms with Crippen molar-refractivity contribution >= 4 is 24.9 Å². The molecule has 0 radical (unpaired) electrons. The standard InChI is InChI=1S/C10H10NOP/c1-13-9-6-5-7-3-2-4-8(12)10(7)11-9/h2-6,12-13H,1H3. The van der Waals surface area contributed by atoms with E-state index in [-0.39, 0.29) is 5.75 Å². The lowest BCUT2D eigenvalue weighted by molar-refractivity contribution is 0.480. The number of phenolic OH excluding ortho intramolecular Hbond substituents is 1. The lowest BCUT2D eigenvalue weighted by Gasteiger charge is -2.01. The van der Waals surface area contributed by atoms with Crippen LogP contribution in [0.3, 0.4) is 0 Å². The zero-order valence-corrected chi connectivity index (χ0v) is 8.28. The molecule has 1 N–H and O–H groups in total. The van der Waals surface area contributed by atoms with Crippen LogP contribution in [-0.2, 0) is 0 Å². The van der Waals surface area contributed by atoms with Crippen LogP contribution in [0.5, 0.6) is 5.75 Å². The average molecular weight is 191 g/mol. The summed E-state index contributed by atoms with van der Waals surface area (Å²) in [6.45, 7) is 2.08. The third kappa shape index (κ3) is 1.50. The van der Waals surface area contributed by atoms with Crippen LogP contribution < -0.4 is 5.44 Å². The second-order valence-electron chi connectivity index (χ2n) is 2.80. The van der Waals surface area contributed by atoms with Gasteiger partial charge in [-0.3, -0.25) is 0 Å². The van der Waals surface area contributed by atoms with E-state index in [1.807, 2.05) is 24.3 Å². The molecule has 2 nitrogen and oxygen atoms in total. The number of rotatable bonds is 1. The third-order valence-electron chi connectivity index (χ3n) is 1.96. The quantitative estimate of drug-likeness (QED) is 0.698. The first-order valence-corrected chi connectivity index (χ1v) is 5.58. The lowest BCUT2D eigenvalue weighted by atomic mass is 10.2. The van der Waals surface area contributed by atoms with E-state index in [1.165, 1.54) is 0 Å². The first kappa shape index (κ1) is 8.46. The largest absolute Gasteiger partial charge is 0.506 e. The van der Waals surface area contributed by atoms with Crippen LogP contribution in [0.25, 0.3) is 10.9 Å². The molecule has 0 aliphatic rings. The van der Waals surface area contributed by atoms with Crippen molar-refractivity contribution < 1.29 is 5.11 Å². The van der Waals surface area contributed by atoms with Crippen LogP contribution >= 0.6 is 8.58 Å². The molecule has 2 aromatic rings. The molecule has 13 heavy (non-hydrogen) atoms.